The van der Waals surface area contributed by atoms with E-state index in [1.54, 1.807) is 26.0 Å². The highest BCUT2D eigenvalue weighted by atomic mass is 16.3. The maximum absolute atomic E-state index is 12.1. The topological polar surface area (TPSA) is 77.8 Å². The Hall–Kier alpha value is -1.72. The van der Waals surface area contributed by atoms with Crippen molar-refractivity contribution in [1.82, 2.24) is 4.90 Å². The van der Waals surface area contributed by atoms with Gasteiger partial charge in [-0.1, -0.05) is 12.1 Å². The third-order valence-electron chi connectivity index (χ3n) is 3.14. The quantitative estimate of drug-likeness (QED) is 0.753. The van der Waals surface area contributed by atoms with Crippen LogP contribution in [0.3, 0.4) is 0 Å². The summed E-state index contributed by atoms with van der Waals surface area (Å²) in [5, 5.41) is 18.2. The van der Waals surface area contributed by atoms with Gasteiger partial charge in [0.05, 0.1) is 30.4 Å². The molecule has 5 heteroatoms. The molecule has 0 bridgehead atoms. The minimum atomic E-state index is -1.10. The predicted molar refractivity (Wildman–Crippen MR) is 64.4 cm³/mol. The maximum Gasteiger partial charge on any atom is 0.261 e. The van der Waals surface area contributed by atoms with Gasteiger partial charge in [-0.05, 0) is 25.0 Å². The smallest absolute Gasteiger partial charge is 0.261 e. The van der Waals surface area contributed by atoms with E-state index < -0.39 is 24.5 Å². The van der Waals surface area contributed by atoms with Crippen molar-refractivity contribution in [2.45, 2.75) is 20.0 Å². The van der Waals surface area contributed by atoms with Gasteiger partial charge in [0.25, 0.3) is 11.8 Å². The van der Waals surface area contributed by atoms with E-state index in [4.69, 9.17) is 5.11 Å². The van der Waals surface area contributed by atoms with Crippen LogP contribution in [0.25, 0.3) is 0 Å². The number of aliphatic hydroxyl groups is 2. The lowest BCUT2D eigenvalue weighted by molar-refractivity contribution is 0.0426. The largest absolute Gasteiger partial charge is 0.394 e. The molecule has 0 saturated heterocycles. The monoisotopic (exact) mass is 249 g/mol. The summed E-state index contributed by atoms with van der Waals surface area (Å²) in [6.07, 6.45) is -1.10. The van der Waals surface area contributed by atoms with E-state index >= 15 is 0 Å². The Labute approximate surface area is 105 Å². The van der Waals surface area contributed by atoms with Gasteiger partial charge in [-0.25, -0.2) is 0 Å². The fraction of sp³-hybridized carbons (Fsp3) is 0.385. The van der Waals surface area contributed by atoms with Crippen molar-refractivity contribution >= 4 is 11.8 Å². The number of β-amino-alcohol motifs (C(OH)–C–C–N with tert-alkyl or cyclic N) is 1. The van der Waals surface area contributed by atoms with E-state index in [0.717, 1.165) is 16.0 Å². The first kappa shape index (κ1) is 12.7. The Bertz CT molecular complexity index is 483. The Morgan fingerprint density at radius 3 is 1.94 bits per heavy atom. The summed E-state index contributed by atoms with van der Waals surface area (Å²) in [4.78, 5) is 25.3. The average Bonchev–Trinajstić information content (AvgIpc) is 2.59. The van der Waals surface area contributed by atoms with E-state index in [9.17, 15) is 14.7 Å². The van der Waals surface area contributed by atoms with Crippen LogP contribution in [0, 0.1) is 13.8 Å². The second kappa shape index (κ2) is 4.51. The van der Waals surface area contributed by atoms with Gasteiger partial charge >= 0.3 is 0 Å². The first-order valence-electron chi connectivity index (χ1n) is 5.72. The van der Waals surface area contributed by atoms with Gasteiger partial charge in [-0.3, -0.25) is 14.5 Å². The fourth-order valence-corrected chi connectivity index (χ4v) is 2.16. The van der Waals surface area contributed by atoms with Crippen LogP contribution in [0.15, 0.2) is 12.1 Å². The highest BCUT2D eigenvalue weighted by molar-refractivity contribution is 6.22. The first-order valence-corrected chi connectivity index (χ1v) is 5.72. The Morgan fingerprint density at radius 1 is 1.11 bits per heavy atom. The summed E-state index contributed by atoms with van der Waals surface area (Å²) in [7, 11) is 0. The van der Waals surface area contributed by atoms with Crippen LogP contribution in [0.4, 0.5) is 0 Å². The van der Waals surface area contributed by atoms with Crippen LogP contribution < -0.4 is 0 Å². The molecule has 0 fully saturated rings. The van der Waals surface area contributed by atoms with Crippen molar-refractivity contribution in [2.24, 2.45) is 0 Å². The molecule has 1 aromatic rings. The average molecular weight is 249 g/mol. The lowest BCUT2D eigenvalue weighted by Gasteiger charge is -2.16. The fourth-order valence-electron chi connectivity index (χ4n) is 2.16. The van der Waals surface area contributed by atoms with E-state index in [1.165, 1.54) is 0 Å². The molecule has 1 heterocycles. The number of hydrogen-bond donors (Lipinski definition) is 2. The van der Waals surface area contributed by atoms with Gasteiger partial charge in [-0.15, -0.1) is 0 Å². The second-order valence-electron chi connectivity index (χ2n) is 4.51. The Kier molecular flexibility index (Phi) is 3.19. The lowest BCUT2D eigenvalue weighted by atomic mass is 9.99. The molecule has 2 rings (SSSR count). The number of aliphatic hydroxyl groups excluding tert-OH is 2. The number of aryl methyl sites for hydroxylation is 2. The van der Waals surface area contributed by atoms with E-state index in [0.29, 0.717) is 11.1 Å². The summed E-state index contributed by atoms with van der Waals surface area (Å²) in [6.45, 7) is 2.89. The number of nitrogens with zero attached hydrogens (tertiary/aromatic N) is 1. The SMILES string of the molecule is Cc1ccc(C)c2c1C(=O)N(CC(O)CO)C2=O. The molecule has 1 aromatic carbocycles. The Morgan fingerprint density at radius 2 is 1.56 bits per heavy atom. The Balaban J connectivity index is 2.44. The number of fused-ring (bicyclic) bond motifs is 1. The third-order valence-corrected chi connectivity index (χ3v) is 3.14. The summed E-state index contributed by atoms with van der Waals surface area (Å²) >= 11 is 0. The van der Waals surface area contributed by atoms with Crippen molar-refractivity contribution in [3.8, 4) is 0 Å². The third kappa shape index (κ3) is 1.81. The molecule has 2 amide bonds. The standard InChI is InChI=1S/C13H15NO4/c1-7-3-4-8(2)11-10(7)12(17)14(13(11)18)5-9(16)6-15/h3-4,9,15-16H,5-6H2,1-2H3. The predicted octanol–water partition coefficient (Wildman–Crippen LogP) is 0.253. The number of carbonyl (C=O) groups excluding carboxylic acids is 2. The van der Waals surface area contributed by atoms with Crippen LogP contribution in [0.2, 0.25) is 0 Å². The number of imide groups is 1. The molecule has 18 heavy (non-hydrogen) atoms. The van der Waals surface area contributed by atoms with Gasteiger partial charge in [-0.2, -0.15) is 0 Å². The van der Waals surface area contributed by atoms with Crippen molar-refractivity contribution in [1.29, 1.82) is 0 Å². The summed E-state index contributed by atoms with van der Waals surface area (Å²) in [5.74, 6) is -0.799. The molecule has 1 unspecified atom stereocenters. The minimum Gasteiger partial charge on any atom is -0.394 e. The summed E-state index contributed by atoms with van der Waals surface area (Å²) < 4.78 is 0. The number of benzene rings is 1. The van der Waals surface area contributed by atoms with E-state index in [1.807, 2.05) is 0 Å². The van der Waals surface area contributed by atoms with Crippen LogP contribution in [-0.2, 0) is 0 Å². The van der Waals surface area contributed by atoms with Crippen LogP contribution in [0.1, 0.15) is 31.8 Å². The first-order chi connectivity index (χ1) is 8.47. The minimum absolute atomic E-state index is 0.179. The molecule has 0 aliphatic carbocycles. The molecule has 1 atom stereocenters. The normalized spacial score (nSPS) is 16.1. The van der Waals surface area contributed by atoms with Gasteiger partial charge in [0.2, 0.25) is 0 Å². The van der Waals surface area contributed by atoms with Gasteiger partial charge < -0.3 is 10.2 Å². The zero-order valence-electron chi connectivity index (χ0n) is 10.3. The van der Waals surface area contributed by atoms with Gasteiger partial charge in [0.1, 0.15) is 0 Å². The molecule has 5 nitrogen and oxygen atoms in total. The molecule has 2 N–H and O–H groups in total. The number of hydrogen-bond acceptors (Lipinski definition) is 4. The number of rotatable bonds is 3. The van der Waals surface area contributed by atoms with Crippen molar-refractivity contribution in [3.05, 3.63) is 34.4 Å². The summed E-state index contributed by atoms with van der Waals surface area (Å²) in [6, 6.07) is 3.59. The maximum atomic E-state index is 12.1. The van der Waals surface area contributed by atoms with Crippen LogP contribution in [0.5, 0.6) is 0 Å². The molecule has 1 aliphatic rings. The second-order valence-corrected chi connectivity index (χ2v) is 4.51. The molecule has 0 spiro atoms. The van der Waals surface area contributed by atoms with Crippen molar-refractivity contribution in [2.75, 3.05) is 13.2 Å². The van der Waals surface area contributed by atoms with Crippen molar-refractivity contribution in [3.63, 3.8) is 0 Å². The summed E-state index contributed by atoms with van der Waals surface area (Å²) in [5.41, 5.74) is 2.31. The molecule has 0 radical (unpaired) electrons. The molecule has 0 saturated carbocycles. The lowest BCUT2D eigenvalue weighted by Crippen LogP contribution is -2.38. The number of carbonyl (C=O) groups is 2. The molecular formula is C13H15NO4. The zero-order chi connectivity index (χ0) is 13.4. The van der Waals surface area contributed by atoms with Crippen molar-refractivity contribution < 1.29 is 19.8 Å². The molecule has 1 aliphatic heterocycles. The molecular weight excluding hydrogens is 234 g/mol. The highest BCUT2D eigenvalue weighted by Crippen LogP contribution is 2.28. The van der Waals surface area contributed by atoms with Crippen LogP contribution >= 0.6 is 0 Å². The molecule has 96 valence electrons. The van der Waals surface area contributed by atoms with E-state index in [-0.39, 0.29) is 6.54 Å². The van der Waals surface area contributed by atoms with Gasteiger partial charge in [0, 0.05) is 0 Å². The van der Waals surface area contributed by atoms with E-state index in [2.05, 4.69) is 0 Å². The highest BCUT2D eigenvalue weighted by Gasteiger charge is 2.38. The number of amides is 2. The zero-order valence-corrected chi connectivity index (χ0v) is 10.3. The molecule has 0 aromatic heterocycles. The van der Waals surface area contributed by atoms with Crippen LogP contribution in [-0.4, -0.2) is 46.2 Å². The van der Waals surface area contributed by atoms with Gasteiger partial charge in [0.15, 0.2) is 0 Å².